The van der Waals surface area contributed by atoms with Gasteiger partial charge in [0.05, 0.1) is 0 Å². The van der Waals surface area contributed by atoms with Crippen molar-refractivity contribution in [1.29, 1.82) is 0 Å². The first-order valence-corrected chi connectivity index (χ1v) is 7.35. The van der Waals surface area contributed by atoms with Gasteiger partial charge in [-0.3, -0.25) is 0 Å². The van der Waals surface area contributed by atoms with E-state index in [1.165, 1.54) is 37.8 Å². The first-order chi connectivity index (χ1) is 8.83. The summed E-state index contributed by atoms with van der Waals surface area (Å²) < 4.78 is 0. The Hall–Kier alpha value is -1.02. The molecule has 0 aliphatic rings. The molecule has 102 valence electrons. The highest BCUT2D eigenvalue weighted by Crippen LogP contribution is 2.19. The summed E-state index contributed by atoms with van der Waals surface area (Å²) >= 11 is 0. The highest BCUT2D eigenvalue weighted by Gasteiger charge is 2.15. The highest BCUT2D eigenvalue weighted by atomic mass is 15.2. The van der Waals surface area contributed by atoms with Crippen molar-refractivity contribution in [3.05, 3.63) is 30.3 Å². The van der Waals surface area contributed by atoms with Crippen LogP contribution >= 0.6 is 0 Å². The minimum atomic E-state index is 0.481. The van der Waals surface area contributed by atoms with Crippen LogP contribution < -0.4 is 10.6 Å². The van der Waals surface area contributed by atoms with Crippen LogP contribution in [-0.2, 0) is 0 Å². The van der Waals surface area contributed by atoms with Gasteiger partial charge in [-0.25, -0.2) is 0 Å². The van der Waals surface area contributed by atoms with Gasteiger partial charge in [0.2, 0.25) is 0 Å². The Labute approximate surface area is 112 Å². The van der Waals surface area contributed by atoms with Crippen LogP contribution in [0, 0.1) is 0 Å². The second kappa shape index (κ2) is 8.98. The lowest BCUT2D eigenvalue weighted by Crippen LogP contribution is -2.40. The molecule has 2 nitrogen and oxygen atoms in total. The average Bonchev–Trinajstić information content (AvgIpc) is 2.43. The predicted molar refractivity (Wildman–Crippen MR) is 81.1 cm³/mol. The Morgan fingerprint density at radius 3 is 2.33 bits per heavy atom. The molecule has 0 amide bonds. The first kappa shape index (κ1) is 15.0. The lowest BCUT2D eigenvalue weighted by molar-refractivity contribution is 0.521. The van der Waals surface area contributed by atoms with E-state index < -0.39 is 0 Å². The van der Waals surface area contributed by atoms with Crippen LogP contribution in [-0.4, -0.2) is 19.1 Å². The van der Waals surface area contributed by atoms with Crippen molar-refractivity contribution in [2.75, 3.05) is 18.0 Å². The molecule has 0 heterocycles. The summed E-state index contributed by atoms with van der Waals surface area (Å²) in [5.41, 5.74) is 7.26. The summed E-state index contributed by atoms with van der Waals surface area (Å²) in [7, 11) is 0. The lowest BCUT2D eigenvalue weighted by atomic mass is 10.1. The van der Waals surface area contributed by atoms with Gasteiger partial charge in [0.15, 0.2) is 0 Å². The molecule has 0 fully saturated rings. The number of benzene rings is 1. The smallest absolute Gasteiger partial charge is 0.0412 e. The quantitative estimate of drug-likeness (QED) is 0.673. The van der Waals surface area contributed by atoms with Crippen LogP contribution in [0.3, 0.4) is 0 Å². The molecule has 0 bridgehead atoms. The van der Waals surface area contributed by atoms with Crippen molar-refractivity contribution in [2.45, 2.75) is 52.0 Å². The summed E-state index contributed by atoms with van der Waals surface area (Å²) in [6.45, 7) is 6.24. The zero-order valence-electron chi connectivity index (χ0n) is 11.9. The molecule has 0 saturated heterocycles. The lowest BCUT2D eigenvalue weighted by Gasteiger charge is -2.32. The maximum atomic E-state index is 5.96. The van der Waals surface area contributed by atoms with E-state index in [0.717, 1.165) is 13.1 Å². The fourth-order valence-corrected chi connectivity index (χ4v) is 2.48. The molecule has 1 aromatic carbocycles. The molecule has 1 unspecified atom stereocenters. The van der Waals surface area contributed by atoms with Gasteiger partial charge < -0.3 is 10.6 Å². The molecule has 0 aromatic heterocycles. The van der Waals surface area contributed by atoms with Gasteiger partial charge in [0.1, 0.15) is 0 Å². The van der Waals surface area contributed by atoms with Crippen molar-refractivity contribution in [3.63, 3.8) is 0 Å². The topological polar surface area (TPSA) is 29.3 Å². The Balaban J connectivity index is 2.55. The molecular weight excluding hydrogens is 220 g/mol. The van der Waals surface area contributed by atoms with Gasteiger partial charge in [-0.15, -0.1) is 0 Å². The van der Waals surface area contributed by atoms with Gasteiger partial charge in [0, 0.05) is 24.8 Å². The van der Waals surface area contributed by atoms with Crippen molar-refractivity contribution in [1.82, 2.24) is 0 Å². The second-order valence-electron chi connectivity index (χ2n) is 4.86. The number of hydrogen-bond donors (Lipinski definition) is 1. The molecule has 0 aliphatic carbocycles. The minimum Gasteiger partial charge on any atom is -0.368 e. The van der Waals surface area contributed by atoms with E-state index in [2.05, 4.69) is 49.1 Å². The molecule has 1 aromatic rings. The van der Waals surface area contributed by atoms with E-state index >= 15 is 0 Å². The van der Waals surface area contributed by atoms with E-state index in [0.29, 0.717) is 6.04 Å². The SMILES string of the molecule is CCCCCCC(CN)N(CC)c1ccccc1. The van der Waals surface area contributed by atoms with Crippen LogP contribution in [0.25, 0.3) is 0 Å². The fourth-order valence-electron chi connectivity index (χ4n) is 2.48. The van der Waals surface area contributed by atoms with Crippen LogP contribution in [0.5, 0.6) is 0 Å². The molecule has 0 aliphatic heterocycles. The zero-order chi connectivity index (χ0) is 13.2. The van der Waals surface area contributed by atoms with Crippen molar-refractivity contribution in [3.8, 4) is 0 Å². The maximum absolute atomic E-state index is 5.96. The number of rotatable bonds is 9. The third kappa shape index (κ3) is 4.69. The van der Waals surface area contributed by atoms with Gasteiger partial charge >= 0.3 is 0 Å². The minimum absolute atomic E-state index is 0.481. The summed E-state index contributed by atoms with van der Waals surface area (Å²) in [6, 6.07) is 11.1. The first-order valence-electron chi connectivity index (χ1n) is 7.35. The molecule has 1 atom stereocenters. The number of likely N-dealkylation sites (N-methyl/N-ethyl adjacent to an activating group) is 1. The van der Waals surface area contributed by atoms with Crippen molar-refractivity contribution < 1.29 is 0 Å². The van der Waals surface area contributed by atoms with Gasteiger partial charge in [0.25, 0.3) is 0 Å². The Bertz CT molecular complexity index is 297. The van der Waals surface area contributed by atoms with Crippen LogP contribution in [0.15, 0.2) is 30.3 Å². The number of para-hydroxylation sites is 1. The molecule has 2 heteroatoms. The molecule has 0 spiro atoms. The summed E-state index contributed by atoms with van der Waals surface area (Å²) in [5.74, 6) is 0. The van der Waals surface area contributed by atoms with Gasteiger partial charge in [-0.1, -0.05) is 50.8 Å². The maximum Gasteiger partial charge on any atom is 0.0412 e. The van der Waals surface area contributed by atoms with E-state index in [9.17, 15) is 0 Å². The number of hydrogen-bond acceptors (Lipinski definition) is 2. The van der Waals surface area contributed by atoms with E-state index in [-0.39, 0.29) is 0 Å². The van der Waals surface area contributed by atoms with E-state index in [1.54, 1.807) is 0 Å². The molecular formula is C16H28N2. The highest BCUT2D eigenvalue weighted by molar-refractivity contribution is 5.47. The summed E-state index contributed by atoms with van der Waals surface area (Å²) in [6.07, 6.45) is 6.47. The normalized spacial score (nSPS) is 12.4. The standard InChI is InChI=1S/C16H28N2/c1-3-5-6-8-13-16(14-17)18(4-2)15-11-9-7-10-12-15/h7,9-12,16H,3-6,8,13-14,17H2,1-2H3. The van der Waals surface area contributed by atoms with E-state index in [1.807, 2.05) is 0 Å². The van der Waals surface area contributed by atoms with Crippen molar-refractivity contribution in [2.24, 2.45) is 5.73 Å². The molecule has 1 rings (SSSR count). The van der Waals surface area contributed by atoms with Gasteiger partial charge in [-0.2, -0.15) is 0 Å². The number of unbranched alkanes of at least 4 members (excludes halogenated alkanes) is 3. The Morgan fingerprint density at radius 1 is 1.06 bits per heavy atom. The van der Waals surface area contributed by atoms with Crippen LogP contribution in [0.2, 0.25) is 0 Å². The van der Waals surface area contributed by atoms with Gasteiger partial charge in [-0.05, 0) is 25.5 Å². The van der Waals surface area contributed by atoms with Crippen LogP contribution in [0.4, 0.5) is 5.69 Å². The third-order valence-electron chi connectivity index (χ3n) is 3.53. The summed E-state index contributed by atoms with van der Waals surface area (Å²) in [5, 5.41) is 0. The average molecular weight is 248 g/mol. The Morgan fingerprint density at radius 2 is 1.78 bits per heavy atom. The Kier molecular flexibility index (Phi) is 7.51. The second-order valence-corrected chi connectivity index (χ2v) is 4.86. The molecule has 0 saturated carbocycles. The number of nitrogens with two attached hydrogens (primary N) is 1. The predicted octanol–water partition coefficient (Wildman–Crippen LogP) is 3.81. The van der Waals surface area contributed by atoms with E-state index in [4.69, 9.17) is 5.73 Å². The third-order valence-corrected chi connectivity index (χ3v) is 3.53. The van der Waals surface area contributed by atoms with Crippen molar-refractivity contribution >= 4 is 5.69 Å². The summed E-state index contributed by atoms with van der Waals surface area (Å²) in [4.78, 5) is 2.44. The number of nitrogens with zero attached hydrogens (tertiary/aromatic N) is 1. The fraction of sp³-hybridized carbons (Fsp3) is 0.625. The largest absolute Gasteiger partial charge is 0.368 e. The monoisotopic (exact) mass is 248 g/mol. The molecule has 18 heavy (non-hydrogen) atoms. The van der Waals surface area contributed by atoms with Crippen LogP contribution in [0.1, 0.15) is 46.0 Å². The molecule has 2 N–H and O–H groups in total. The molecule has 0 radical (unpaired) electrons. The zero-order valence-corrected chi connectivity index (χ0v) is 11.9. The number of anilines is 1.